The Balaban J connectivity index is 1.80. The third-order valence-electron chi connectivity index (χ3n) is 4.00. The summed E-state index contributed by atoms with van der Waals surface area (Å²) >= 11 is 5.33. The lowest BCUT2D eigenvalue weighted by atomic mass is 9.82. The normalized spacial score (nSPS) is 19.9. The molecule has 1 atom stereocenters. The summed E-state index contributed by atoms with van der Waals surface area (Å²) in [6.45, 7) is 4.72. The second-order valence-electron chi connectivity index (χ2n) is 6.03. The lowest BCUT2D eigenvalue weighted by Gasteiger charge is -2.52. The number of carbonyl (C=O) groups excluding carboxylic acids is 1. The first-order chi connectivity index (χ1) is 10.5. The molecule has 114 valence electrons. The number of amides is 1. The number of hydrogen-bond acceptors (Lipinski definition) is 2. The van der Waals surface area contributed by atoms with E-state index in [1.165, 1.54) is 4.90 Å². The van der Waals surface area contributed by atoms with Gasteiger partial charge in [-0.05, 0) is 37.6 Å². The van der Waals surface area contributed by atoms with Crippen LogP contribution in [0.5, 0.6) is 0 Å². The topological polar surface area (TPSA) is 20.3 Å². The molecule has 2 aromatic carbocycles. The molecule has 1 aliphatic heterocycles. The molecule has 0 radical (unpaired) electrons. The highest BCUT2D eigenvalue weighted by Gasteiger charge is 2.54. The first-order valence-electron chi connectivity index (χ1n) is 7.26. The predicted molar refractivity (Wildman–Crippen MR) is 94.6 cm³/mol. The fourth-order valence-electron chi connectivity index (χ4n) is 2.71. The van der Waals surface area contributed by atoms with E-state index in [4.69, 9.17) is 0 Å². The van der Waals surface area contributed by atoms with Gasteiger partial charge in [0.2, 0.25) is 5.91 Å². The van der Waals surface area contributed by atoms with Crippen molar-refractivity contribution in [2.24, 2.45) is 5.41 Å². The smallest absolute Gasteiger partial charge is 0.232 e. The van der Waals surface area contributed by atoms with Gasteiger partial charge >= 0.3 is 0 Å². The molecular formula is C18H18BrNOS. The van der Waals surface area contributed by atoms with Crippen LogP contribution in [0.3, 0.4) is 0 Å². The molecule has 1 heterocycles. The average molecular weight is 376 g/mol. The van der Waals surface area contributed by atoms with E-state index in [-0.39, 0.29) is 16.7 Å². The minimum absolute atomic E-state index is 0.162. The molecule has 2 nitrogen and oxygen atoms in total. The Morgan fingerprint density at radius 1 is 1.09 bits per heavy atom. The maximum absolute atomic E-state index is 12.5. The van der Waals surface area contributed by atoms with Gasteiger partial charge in [-0.3, -0.25) is 4.79 Å². The molecule has 0 aliphatic carbocycles. The Kier molecular flexibility index (Phi) is 4.33. The van der Waals surface area contributed by atoms with Gasteiger partial charge in [0.25, 0.3) is 0 Å². The molecule has 1 fully saturated rings. The molecule has 0 N–H and O–H groups in total. The van der Waals surface area contributed by atoms with Crippen LogP contribution in [0.1, 0.15) is 19.4 Å². The number of thioether (sulfide) groups is 1. The van der Waals surface area contributed by atoms with Crippen molar-refractivity contribution in [2.75, 3.05) is 0 Å². The molecule has 1 unspecified atom stereocenters. The Labute approximate surface area is 144 Å². The molecule has 1 amide bonds. The first kappa shape index (κ1) is 15.6. The Morgan fingerprint density at radius 2 is 1.73 bits per heavy atom. The van der Waals surface area contributed by atoms with Gasteiger partial charge < -0.3 is 4.90 Å². The largest absolute Gasteiger partial charge is 0.324 e. The summed E-state index contributed by atoms with van der Waals surface area (Å²) in [6.07, 6.45) is 0. The van der Waals surface area contributed by atoms with E-state index in [0.717, 1.165) is 10.0 Å². The van der Waals surface area contributed by atoms with Gasteiger partial charge in [-0.25, -0.2) is 0 Å². The third kappa shape index (κ3) is 2.82. The maximum atomic E-state index is 12.5. The number of benzene rings is 2. The standard InChI is InChI=1S/C18H18BrNOS/c1-18(2)16(21)20(12-13-8-6-7-11-15(13)19)17(18)22-14-9-4-3-5-10-14/h3-11,17H,12H2,1-2H3. The zero-order valence-corrected chi connectivity index (χ0v) is 15.0. The monoisotopic (exact) mass is 375 g/mol. The van der Waals surface area contributed by atoms with Gasteiger partial charge in [-0.15, -0.1) is 0 Å². The Hall–Kier alpha value is -1.26. The van der Waals surface area contributed by atoms with Crippen LogP contribution in [0.15, 0.2) is 64.0 Å². The molecule has 1 aliphatic rings. The van der Waals surface area contributed by atoms with Gasteiger partial charge in [-0.2, -0.15) is 0 Å². The first-order valence-corrected chi connectivity index (χ1v) is 8.93. The molecule has 2 aromatic rings. The van der Waals surface area contributed by atoms with Crippen LogP contribution in [0, 0.1) is 5.41 Å². The van der Waals surface area contributed by atoms with E-state index in [1.807, 2.05) is 55.1 Å². The van der Waals surface area contributed by atoms with Gasteiger partial charge in [0, 0.05) is 15.9 Å². The van der Waals surface area contributed by atoms with E-state index in [2.05, 4.69) is 34.1 Å². The molecule has 1 saturated heterocycles. The van der Waals surface area contributed by atoms with E-state index in [0.29, 0.717) is 6.54 Å². The van der Waals surface area contributed by atoms with Crippen LogP contribution in [0.2, 0.25) is 0 Å². The number of nitrogens with zero attached hydrogens (tertiary/aromatic N) is 1. The van der Waals surface area contributed by atoms with Crippen molar-refractivity contribution >= 4 is 33.6 Å². The van der Waals surface area contributed by atoms with Crippen molar-refractivity contribution in [3.8, 4) is 0 Å². The quantitative estimate of drug-likeness (QED) is 0.705. The highest BCUT2D eigenvalue weighted by atomic mass is 79.9. The van der Waals surface area contributed by atoms with Crippen LogP contribution in [0.4, 0.5) is 0 Å². The lowest BCUT2D eigenvalue weighted by Crippen LogP contribution is -2.64. The number of carbonyl (C=O) groups is 1. The van der Waals surface area contributed by atoms with Crippen LogP contribution in [0.25, 0.3) is 0 Å². The molecular weight excluding hydrogens is 358 g/mol. The molecule has 0 spiro atoms. The highest BCUT2D eigenvalue weighted by molar-refractivity contribution is 9.10. The van der Waals surface area contributed by atoms with Gasteiger partial charge in [0.15, 0.2) is 0 Å². The predicted octanol–water partition coefficient (Wildman–Crippen LogP) is 4.94. The van der Waals surface area contributed by atoms with Crippen LogP contribution in [-0.2, 0) is 11.3 Å². The second kappa shape index (κ2) is 6.09. The summed E-state index contributed by atoms with van der Waals surface area (Å²) in [7, 11) is 0. The van der Waals surface area contributed by atoms with Crippen molar-refractivity contribution in [1.82, 2.24) is 4.90 Å². The summed E-state index contributed by atoms with van der Waals surface area (Å²) in [5.74, 6) is 0.219. The zero-order valence-electron chi connectivity index (χ0n) is 12.6. The minimum atomic E-state index is -0.318. The second-order valence-corrected chi connectivity index (χ2v) is 8.04. The van der Waals surface area contributed by atoms with E-state index in [1.54, 1.807) is 11.8 Å². The maximum Gasteiger partial charge on any atom is 0.232 e. The fourth-order valence-corrected chi connectivity index (χ4v) is 4.38. The molecule has 3 rings (SSSR count). The molecule has 0 bridgehead atoms. The average Bonchev–Trinajstić information content (AvgIpc) is 2.53. The van der Waals surface area contributed by atoms with Gasteiger partial charge in [0.05, 0.1) is 10.8 Å². The fraction of sp³-hybridized carbons (Fsp3) is 0.278. The number of hydrogen-bond donors (Lipinski definition) is 0. The van der Waals surface area contributed by atoms with Crippen molar-refractivity contribution in [3.05, 3.63) is 64.6 Å². The minimum Gasteiger partial charge on any atom is -0.324 e. The van der Waals surface area contributed by atoms with Crippen LogP contribution in [-0.4, -0.2) is 16.2 Å². The molecule has 4 heteroatoms. The lowest BCUT2D eigenvalue weighted by molar-refractivity contribution is -0.160. The van der Waals surface area contributed by atoms with E-state index >= 15 is 0 Å². The number of β-lactam (4-membered cyclic amide) rings is 1. The van der Waals surface area contributed by atoms with Gasteiger partial charge in [-0.1, -0.05) is 64.1 Å². The summed E-state index contributed by atoms with van der Waals surface area (Å²) < 4.78 is 1.05. The van der Waals surface area contributed by atoms with Crippen molar-refractivity contribution in [2.45, 2.75) is 30.7 Å². The summed E-state index contributed by atoms with van der Waals surface area (Å²) in [4.78, 5) is 15.7. The zero-order chi connectivity index (χ0) is 15.7. The SMILES string of the molecule is CC1(C)C(=O)N(Cc2ccccc2Br)C1Sc1ccccc1. The van der Waals surface area contributed by atoms with E-state index < -0.39 is 0 Å². The third-order valence-corrected chi connectivity index (χ3v) is 6.39. The number of likely N-dealkylation sites (tertiary alicyclic amines) is 1. The van der Waals surface area contributed by atoms with Crippen molar-refractivity contribution in [3.63, 3.8) is 0 Å². The molecule has 0 saturated carbocycles. The highest BCUT2D eigenvalue weighted by Crippen LogP contribution is 2.48. The Bertz CT molecular complexity index is 686. The number of rotatable bonds is 4. The summed E-state index contributed by atoms with van der Waals surface area (Å²) in [6, 6.07) is 18.4. The van der Waals surface area contributed by atoms with Crippen LogP contribution >= 0.6 is 27.7 Å². The number of halogens is 1. The Morgan fingerprint density at radius 3 is 2.41 bits per heavy atom. The summed E-state index contributed by atoms with van der Waals surface area (Å²) in [5.41, 5.74) is 0.826. The van der Waals surface area contributed by atoms with Crippen LogP contribution < -0.4 is 0 Å². The molecule has 22 heavy (non-hydrogen) atoms. The van der Waals surface area contributed by atoms with E-state index in [9.17, 15) is 4.79 Å². The molecule has 0 aromatic heterocycles. The van der Waals surface area contributed by atoms with Gasteiger partial charge in [0.1, 0.15) is 0 Å². The van der Waals surface area contributed by atoms with Crippen molar-refractivity contribution < 1.29 is 4.79 Å². The van der Waals surface area contributed by atoms with Crippen molar-refractivity contribution in [1.29, 1.82) is 0 Å². The summed E-state index contributed by atoms with van der Waals surface area (Å²) in [5, 5.41) is 0.162.